The number of rotatable bonds is 3. The fourth-order valence-electron chi connectivity index (χ4n) is 2.78. The molecule has 8 heteroatoms. The molecule has 1 unspecified atom stereocenters. The fourth-order valence-corrected chi connectivity index (χ4v) is 2.92. The maximum absolute atomic E-state index is 12.4. The van der Waals surface area contributed by atoms with E-state index in [1.165, 1.54) is 6.07 Å². The normalized spacial score (nSPS) is 22.0. The van der Waals surface area contributed by atoms with E-state index in [1.54, 1.807) is 21.9 Å². The van der Waals surface area contributed by atoms with Crippen LogP contribution in [0.5, 0.6) is 0 Å². The number of piperidine rings is 1. The molecular weight excluding hydrogens is 308 g/mol. The Kier molecular flexibility index (Phi) is 3.92. The van der Waals surface area contributed by atoms with Crippen molar-refractivity contribution in [1.82, 2.24) is 19.7 Å². The topological polar surface area (TPSA) is 84.4 Å². The van der Waals surface area contributed by atoms with Gasteiger partial charge in [-0.15, -0.1) is 10.2 Å². The van der Waals surface area contributed by atoms with Crippen molar-refractivity contribution in [2.24, 2.45) is 7.05 Å². The van der Waals surface area contributed by atoms with Crippen molar-refractivity contribution < 1.29 is 14.3 Å². The Hall–Kier alpha value is -1.86. The van der Waals surface area contributed by atoms with Crippen LogP contribution in [-0.4, -0.2) is 49.4 Å². The van der Waals surface area contributed by atoms with E-state index in [2.05, 4.69) is 10.2 Å². The molecule has 7 nitrogen and oxygen atoms in total. The molecule has 3 rings (SSSR count). The Morgan fingerprint density at radius 1 is 1.55 bits per heavy atom. The Morgan fingerprint density at radius 2 is 2.36 bits per heavy atom. The smallest absolute Gasteiger partial charge is 0.289 e. The maximum Gasteiger partial charge on any atom is 0.289 e. The summed E-state index contributed by atoms with van der Waals surface area (Å²) in [5, 5.41) is 18.8. The number of hydrogen-bond acceptors (Lipinski definition) is 5. The molecule has 0 bridgehead atoms. The number of β-amino-alcohol motifs (C(OH)–C–C–N with tert-alkyl or cyclic N) is 1. The van der Waals surface area contributed by atoms with Crippen molar-refractivity contribution >= 4 is 17.5 Å². The summed E-state index contributed by atoms with van der Waals surface area (Å²) >= 11 is 5.71. The van der Waals surface area contributed by atoms with Gasteiger partial charge >= 0.3 is 0 Å². The van der Waals surface area contributed by atoms with E-state index in [4.69, 9.17) is 16.0 Å². The number of likely N-dealkylation sites (tertiary alicyclic amines) is 1. The number of nitrogens with zero attached hydrogens (tertiary/aromatic N) is 4. The number of aromatic nitrogens is 3. The molecule has 0 aromatic carbocycles. The van der Waals surface area contributed by atoms with Crippen molar-refractivity contribution in [1.29, 1.82) is 0 Å². The fraction of sp³-hybridized carbons (Fsp3) is 0.500. The van der Waals surface area contributed by atoms with E-state index < -0.39 is 5.60 Å². The number of aryl methyl sites for hydroxylation is 1. The molecule has 1 saturated heterocycles. The Bertz CT molecular complexity index is 683. The largest absolute Gasteiger partial charge is 0.440 e. The second-order valence-corrected chi connectivity index (χ2v) is 6.07. The standard InChI is InChI=1S/C14H17ClN4O3/c1-18-9-16-17-12(18)7-14(21)5-2-6-19(8-14)13(20)10-3-4-11(15)22-10/h3-4,9,21H,2,5-8H2,1H3. The number of aliphatic hydroxyl groups is 1. The first-order valence-electron chi connectivity index (χ1n) is 7.07. The molecule has 1 N–H and O–H groups in total. The third-order valence-electron chi connectivity index (χ3n) is 3.92. The summed E-state index contributed by atoms with van der Waals surface area (Å²) in [6.07, 6.45) is 3.28. The summed E-state index contributed by atoms with van der Waals surface area (Å²) < 4.78 is 6.93. The first-order valence-corrected chi connectivity index (χ1v) is 7.44. The van der Waals surface area contributed by atoms with Crippen LogP contribution in [0.15, 0.2) is 22.9 Å². The van der Waals surface area contributed by atoms with Crippen LogP contribution >= 0.6 is 11.6 Å². The lowest BCUT2D eigenvalue weighted by molar-refractivity contribution is -0.0266. The summed E-state index contributed by atoms with van der Waals surface area (Å²) in [7, 11) is 1.83. The zero-order valence-electron chi connectivity index (χ0n) is 12.2. The van der Waals surface area contributed by atoms with E-state index >= 15 is 0 Å². The first-order chi connectivity index (χ1) is 10.5. The predicted molar refractivity (Wildman–Crippen MR) is 78.5 cm³/mol. The minimum atomic E-state index is -1.01. The van der Waals surface area contributed by atoms with Gasteiger partial charge in [0.2, 0.25) is 0 Å². The Morgan fingerprint density at radius 3 is 3.00 bits per heavy atom. The summed E-state index contributed by atoms with van der Waals surface area (Å²) in [5.41, 5.74) is -1.01. The predicted octanol–water partition coefficient (Wildman–Crippen LogP) is 1.27. The van der Waals surface area contributed by atoms with Gasteiger partial charge in [0.25, 0.3) is 5.91 Å². The second kappa shape index (κ2) is 5.73. The van der Waals surface area contributed by atoms with Gasteiger partial charge < -0.3 is 19.0 Å². The third-order valence-corrected chi connectivity index (χ3v) is 4.12. The zero-order chi connectivity index (χ0) is 15.7. The van der Waals surface area contributed by atoms with Crippen LogP contribution in [0.1, 0.15) is 29.2 Å². The summed E-state index contributed by atoms with van der Waals surface area (Å²) in [4.78, 5) is 14.0. The summed E-state index contributed by atoms with van der Waals surface area (Å²) in [5.74, 6) is 0.619. The summed E-state index contributed by atoms with van der Waals surface area (Å²) in [6, 6.07) is 3.07. The summed E-state index contributed by atoms with van der Waals surface area (Å²) in [6.45, 7) is 0.815. The molecule has 118 valence electrons. The molecule has 1 aliphatic rings. The van der Waals surface area contributed by atoms with Crippen LogP contribution in [-0.2, 0) is 13.5 Å². The van der Waals surface area contributed by atoms with E-state index in [1.807, 2.05) is 7.05 Å². The molecule has 1 aliphatic heterocycles. The van der Waals surface area contributed by atoms with E-state index in [-0.39, 0.29) is 23.4 Å². The minimum Gasteiger partial charge on any atom is -0.440 e. The number of hydrogen-bond donors (Lipinski definition) is 1. The van der Waals surface area contributed by atoms with Crippen molar-refractivity contribution in [3.63, 3.8) is 0 Å². The van der Waals surface area contributed by atoms with Gasteiger partial charge in [-0.05, 0) is 36.6 Å². The highest BCUT2D eigenvalue weighted by atomic mass is 35.5. The molecule has 2 aromatic rings. The minimum absolute atomic E-state index is 0.176. The number of carbonyl (C=O) groups is 1. The molecule has 1 fully saturated rings. The second-order valence-electron chi connectivity index (χ2n) is 5.69. The van der Waals surface area contributed by atoms with Gasteiger partial charge in [0.05, 0.1) is 12.1 Å². The van der Waals surface area contributed by atoms with Crippen LogP contribution in [0, 0.1) is 0 Å². The molecule has 0 spiro atoms. The van der Waals surface area contributed by atoms with Gasteiger partial charge in [0.15, 0.2) is 11.0 Å². The molecule has 22 heavy (non-hydrogen) atoms. The number of amides is 1. The van der Waals surface area contributed by atoms with Gasteiger partial charge in [0.1, 0.15) is 12.2 Å². The van der Waals surface area contributed by atoms with Crippen LogP contribution in [0.2, 0.25) is 5.22 Å². The highest BCUT2D eigenvalue weighted by Gasteiger charge is 2.37. The molecular formula is C14H17ClN4O3. The lowest BCUT2D eigenvalue weighted by atomic mass is 9.89. The van der Waals surface area contributed by atoms with Crippen molar-refractivity contribution in [2.45, 2.75) is 24.9 Å². The molecule has 1 amide bonds. The number of carbonyl (C=O) groups excluding carboxylic acids is 1. The van der Waals surface area contributed by atoms with E-state index in [0.717, 1.165) is 0 Å². The van der Waals surface area contributed by atoms with Crippen LogP contribution in [0.4, 0.5) is 0 Å². The highest BCUT2D eigenvalue weighted by Crippen LogP contribution is 2.26. The molecule has 0 saturated carbocycles. The van der Waals surface area contributed by atoms with Crippen molar-refractivity contribution in [2.75, 3.05) is 13.1 Å². The van der Waals surface area contributed by atoms with Crippen LogP contribution in [0.25, 0.3) is 0 Å². The first kappa shape index (κ1) is 15.1. The van der Waals surface area contributed by atoms with Crippen LogP contribution in [0.3, 0.4) is 0 Å². The van der Waals surface area contributed by atoms with Crippen LogP contribution < -0.4 is 0 Å². The number of furan rings is 1. The SMILES string of the molecule is Cn1cnnc1CC1(O)CCCN(C(=O)c2ccc(Cl)o2)C1. The lowest BCUT2D eigenvalue weighted by Gasteiger charge is -2.38. The van der Waals surface area contributed by atoms with Gasteiger partial charge in [-0.1, -0.05) is 0 Å². The van der Waals surface area contributed by atoms with Crippen molar-refractivity contribution in [3.8, 4) is 0 Å². The highest BCUT2D eigenvalue weighted by molar-refractivity contribution is 6.29. The van der Waals surface area contributed by atoms with Gasteiger partial charge in [-0.25, -0.2) is 0 Å². The average Bonchev–Trinajstić information content (AvgIpc) is 3.07. The monoisotopic (exact) mass is 324 g/mol. The quantitative estimate of drug-likeness (QED) is 0.919. The lowest BCUT2D eigenvalue weighted by Crippen LogP contribution is -2.51. The molecule has 0 radical (unpaired) electrons. The molecule has 3 heterocycles. The van der Waals surface area contributed by atoms with E-state index in [9.17, 15) is 9.90 Å². The molecule has 0 aliphatic carbocycles. The average molecular weight is 325 g/mol. The Balaban J connectivity index is 1.73. The molecule has 1 atom stereocenters. The maximum atomic E-state index is 12.4. The van der Waals surface area contributed by atoms with Gasteiger partial charge in [-0.3, -0.25) is 4.79 Å². The Labute approximate surface area is 132 Å². The molecule has 2 aromatic heterocycles. The third kappa shape index (κ3) is 3.00. The van der Waals surface area contributed by atoms with Gasteiger partial charge in [0, 0.05) is 20.0 Å². The van der Waals surface area contributed by atoms with Gasteiger partial charge in [-0.2, -0.15) is 0 Å². The number of halogens is 1. The zero-order valence-corrected chi connectivity index (χ0v) is 13.0. The van der Waals surface area contributed by atoms with Crippen molar-refractivity contribution in [3.05, 3.63) is 35.3 Å². The van der Waals surface area contributed by atoms with E-state index in [0.29, 0.717) is 31.6 Å².